The van der Waals surface area contributed by atoms with Crippen molar-refractivity contribution in [2.24, 2.45) is 0 Å². The van der Waals surface area contributed by atoms with Crippen LogP contribution in [0.25, 0.3) is 22.4 Å². The van der Waals surface area contributed by atoms with Gasteiger partial charge in [-0.2, -0.15) is 4.68 Å². The Labute approximate surface area is 164 Å². The molecule has 9 heteroatoms. The van der Waals surface area contributed by atoms with E-state index < -0.39 is 10.6 Å². The van der Waals surface area contributed by atoms with Gasteiger partial charge in [0.2, 0.25) is 5.65 Å². The molecule has 0 saturated heterocycles. The molecule has 0 atom stereocenters. The van der Waals surface area contributed by atoms with Gasteiger partial charge in [0.25, 0.3) is 5.69 Å². The Morgan fingerprint density at radius 3 is 2.59 bits per heavy atom. The fourth-order valence-corrected chi connectivity index (χ4v) is 3.91. The number of non-ortho nitro benzene ring substituents is 1. The van der Waals surface area contributed by atoms with Gasteiger partial charge in [-0.1, -0.05) is 31.0 Å². The van der Waals surface area contributed by atoms with Crippen LogP contribution in [-0.4, -0.2) is 30.1 Å². The van der Waals surface area contributed by atoms with Crippen molar-refractivity contribution in [2.75, 3.05) is 5.32 Å². The Kier molecular flexibility index (Phi) is 4.01. The highest BCUT2D eigenvalue weighted by molar-refractivity contribution is 5.84. The van der Waals surface area contributed by atoms with Crippen LogP contribution >= 0.6 is 0 Å². The Morgan fingerprint density at radius 2 is 1.86 bits per heavy atom. The molecule has 0 bridgehead atoms. The number of hydrogen-bond acceptors (Lipinski definition) is 6. The number of fused-ring (bicyclic) bond motifs is 3. The molecule has 146 valence electrons. The highest BCUT2D eigenvalue weighted by atomic mass is 16.6. The predicted octanol–water partition coefficient (Wildman–Crippen LogP) is 3.30. The van der Waals surface area contributed by atoms with Crippen LogP contribution < -0.4 is 11.0 Å². The second-order valence-electron chi connectivity index (χ2n) is 7.21. The van der Waals surface area contributed by atoms with Crippen molar-refractivity contribution >= 4 is 28.2 Å². The normalized spacial score (nSPS) is 14.6. The lowest BCUT2D eigenvalue weighted by Gasteiger charge is -2.13. The summed E-state index contributed by atoms with van der Waals surface area (Å²) in [6, 6.07) is 13.7. The zero-order chi connectivity index (χ0) is 20.0. The number of rotatable bonds is 4. The van der Waals surface area contributed by atoms with Gasteiger partial charge in [-0.3, -0.25) is 10.1 Å². The summed E-state index contributed by atoms with van der Waals surface area (Å²) in [5.74, 6) is 0.519. The van der Waals surface area contributed by atoms with Crippen molar-refractivity contribution in [1.29, 1.82) is 0 Å². The van der Waals surface area contributed by atoms with E-state index in [9.17, 15) is 14.9 Å². The van der Waals surface area contributed by atoms with E-state index in [-0.39, 0.29) is 11.7 Å². The summed E-state index contributed by atoms with van der Waals surface area (Å²) in [5, 5.41) is 19.2. The van der Waals surface area contributed by atoms with Crippen LogP contribution in [0.1, 0.15) is 25.7 Å². The molecule has 2 heterocycles. The first kappa shape index (κ1) is 17.4. The molecule has 0 radical (unpaired) electrons. The van der Waals surface area contributed by atoms with Gasteiger partial charge in [0, 0.05) is 18.2 Å². The van der Waals surface area contributed by atoms with Crippen molar-refractivity contribution in [3.05, 3.63) is 69.1 Å². The Morgan fingerprint density at radius 1 is 1.10 bits per heavy atom. The molecule has 1 saturated carbocycles. The van der Waals surface area contributed by atoms with Crippen LogP contribution in [0.4, 0.5) is 11.5 Å². The number of aromatic nitrogens is 4. The highest BCUT2D eigenvalue weighted by Crippen LogP contribution is 2.27. The minimum absolute atomic E-state index is 0.100. The molecule has 1 aliphatic carbocycles. The molecular weight excluding hydrogens is 372 g/mol. The first-order valence-electron chi connectivity index (χ1n) is 9.54. The van der Waals surface area contributed by atoms with E-state index in [1.165, 1.54) is 21.2 Å². The van der Waals surface area contributed by atoms with Gasteiger partial charge < -0.3 is 5.32 Å². The lowest BCUT2D eigenvalue weighted by Crippen LogP contribution is -2.21. The number of nitro groups is 1. The molecule has 0 spiro atoms. The number of benzene rings is 2. The molecule has 2 aromatic heterocycles. The molecule has 29 heavy (non-hydrogen) atoms. The van der Waals surface area contributed by atoms with Gasteiger partial charge in [-0.05, 0) is 31.0 Å². The van der Waals surface area contributed by atoms with Gasteiger partial charge in [0.1, 0.15) is 0 Å². The molecular formula is C20H18N6O3. The van der Waals surface area contributed by atoms with E-state index in [0.717, 1.165) is 25.7 Å². The fourth-order valence-electron chi connectivity index (χ4n) is 3.91. The van der Waals surface area contributed by atoms with E-state index in [2.05, 4.69) is 15.4 Å². The number of nitrogens with zero attached hydrogens (tertiary/aromatic N) is 5. The second-order valence-corrected chi connectivity index (χ2v) is 7.21. The maximum Gasteiger partial charge on any atom is 0.355 e. The maximum absolute atomic E-state index is 13.3. The van der Waals surface area contributed by atoms with Crippen molar-refractivity contribution in [3.63, 3.8) is 0 Å². The largest absolute Gasteiger partial charge is 0.364 e. The van der Waals surface area contributed by atoms with Crippen molar-refractivity contribution in [1.82, 2.24) is 19.2 Å². The van der Waals surface area contributed by atoms with Crippen LogP contribution in [0.15, 0.2) is 53.3 Å². The molecule has 5 rings (SSSR count). The summed E-state index contributed by atoms with van der Waals surface area (Å²) in [7, 11) is 0. The van der Waals surface area contributed by atoms with E-state index in [4.69, 9.17) is 0 Å². The minimum atomic E-state index is -0.484. The second kappa shape index (κ2) is 6.69. The molecule has 1 fully saturated rings. The average Bonchev–Trinajstić information content (AvgIpc) is 3.36. The van der Waals surface area contributed by atoms with Gasteiger partial charge >= 0.3 is 5.69 Å². The van der Waals surface area contributed by atoms with E-state index >= 15 is 0 Å². The third-order valence-corrected chi connectivity index (χ3v) is 5.33. The third-order valence-electron chi connectivity index (χ3n) is 5.33. The zero-order valence-corrected chi connectivity index (χ0v) is 15.5. The van der Waals surface area contributed by atoms with Crippen molar-refractivity contribution in [2.45, 2.75) is 31.7 Å². The topological polar surface area (TPSA) is 107 Å². The van der Waals surface area contributed by atoms with Gasteiger partial charge in [0.15, 0.2) is 5.82 Å². The van der Waals surface area contributed by atoms with Crippen LogP contribution in [0, 0.1) is 10.1 Å². The van der Waals surface area contributed by atoms with Gasteiger partial charge in [0.05, 0.1) is 21.6 Å². The summed E-state index contributed by atoms with van der Waals surface area (Å²) in [5.41, 5.74) is 1.34. The Balaban J connectivity index is 1.81. The standard InChI is InChI=1S/C20H18N6O3/c27-20-24-17-12-15(26(28)29)10-11-16(17)22-18(21-13-6-4-5-7-13)19(24)23-25(20)14-8-2-1-3-9-14/h1-3,8-13H,4-7H2,(H,21,22). The number of hydrogen-bond donors (Lipinski definition) is 1. The maximum atomic E-state index is 13.3. The quantitative estimate of drug-likeness (QED) is 0.423. The first-order chi connectivity index (χ1) is 14.1. The Hall–Kier alpha value is -3.75. The Bertz CT molecular complexity index is 1290. The average molecular weight is 390 g/mol. The molecule has 0 unspecified atom stereocenters. The van der Waals surface area contributed by atoms with Crippen LogP contribution in [0.3, 0.4) is 0 Å². The summed E-state index contributed by atoms with van der Waals surface area (Å²) in [4.78, 5) is 28.7. The number of nitrogens with one attached hydrogen (secondary N) is 1. The lowest BCUT2D eigenvalue weighted by atomic mass is 10.2. The number of nitro benzene ring substituents is 1. The minimum Gasteiger partial charge on any atom is -0.364 e. The molecule has 9 nitrogen and oxygen atoms in total. The van der Waals surface area contributed by atoms with Gasteiger partial charge in [-0.15, -0.1) is 5.10 Å². The van der Waals surface area contributed by atoms with Crippen molar-refractivity contribution < 1.29 is 4.92 Å². The van der Waals surface area contributed by atoms with Crippen LogP contribution in [0.5, 0.6) is 0 Å². The molecule has 0 amide bonds. The summed E-state index contributed by atoms with van der Waals surface area (Å²) >= 11 is 0. The SMILES string of the molecule is O=c1n(-c2ccccc2)nc2c(NC3CCCC3)nc3ccc([N+](=O)[O-])cc3n12. The van der Waals surface area contributed by atoms with E-state index in [1.807, 2.05) is 18.2 Å². The molecule has 0 aliphatic heterocycles. The fraction of sp³-hybridized carbons (Fsp3) is 0.250. The van der Waals surface area contributed by atoms with E-state index in [1.54, 1.807) is 18.2 Å². The highest BCUT2D eigenvalue weighted by Gasteiger charge is 2.22. The lowest BCUT2D eigenvalue weighted by molar-refractivity contribution is -0.384. The smallest absolute Gasteiger partial charge is 0.355 e. The predicted molar refractivity (Wildman–Crippen MR) is 109 cm³/mol. The number of para-hydroxylation sites is 1. The summed E-state index contributed by atoms with van der Waals surface area (Å²) in [6.45, 7) is 0. The molecule has 4 aromatic rings. The summed E-state index contributed by atoms with van der Waals surface area (Å²) < 4.78 is 2.70. The monoisotopic (exact) mass is 390 g/mol. The third kappa shape index (κ3) is 2.91. The van der Waals surface area contributed by atoms with Crippen LogP contribution in [0.2, 0.25) is 0 Å². The summed E-state index contributed by atoms with van der Waals surface area (Å²) in [6.07, 6.45) is 4.38. The molecule has 1 N–H and O–H groups in total. The van der Waals surface area contributed by atoms with E-state index in [0.29, 0.717) is 28.2 Å². The van der Waals surface area contributed by atoms with Crippen LogP contribution in [-0.2, 0) is 0 Å². The first-order valence-corrected chi connectivity index (χ1v) is 9.54. The molecule has 2 aromatic carbocycles. The molecule has 1 aliphatic rings. The van der Waals surface area contributed by atoms with Crippen molar-refractivity contribution in [3.8, 4) is 5.69 Å². The van der Waals surface area contributed by atoms with Gasteiger partial charge in [-0.25, -0.2) is 14.2 Å². The number of anilines is 1. The zero-order valence-electron chi connectivity index (χ0n) is 15.5.